The molecular formula is C44H52O12P4. The van der Waals surface area contributed by atoms with Gasteiger partial charge in [0.25, 0.3) is 0 Å². The van der Waals surface area contributed by atoms with E-state index in [1.807, 2.05) is 79.7 Å². The molecule has 4 aromatic rings. The largest absolute Gasteiger partial charge is 0.463 e. The molecule has 16 heteroatoms. The molecule has 4 aromatic carbocycles. The van der Waals surface area contributed by atoms with Crippen LogP contribution in [0, 0.1) is 0 Å². The first-order valence-electron chi connectivity index (χ1n) is 20.6. The van der Waals surface area contributed by atoms with Crippen LogP contribution in [0.4, 0.5) is 0 Å². The molecule has 0 atom stereocenters. The lowest BCUT2D eigenvalue weighted by atomic mass is 9.81. The van der Waals surface area contributed by atoms with Crippen LogP contribution in [-0.2, 0) is 18.1 Å². The van der Waals surface area contributed by atoms with Gasteiger partial charge in [-0.1, -0.05) is 27.7 Å². The van der Waals surface area contributed by atoms with E-state index in [1.165, 1.54) is 0 Å². The summed E-state index contributed by atoms with van der Waals surface area (Å²) in [5.74, 6) is 4.06. The third-order valence-corrected chi connectivity index (χ3v) is 16.0. The Balaban J connectivity index is 1.37. The van der Waals surface area contributed by atoms with Crippen LogP contribution in [-0.4, -0.2) is 24.4 Å². The summed E-state index contributed by atoms with van der Waals surface area (Å²) in [6, 6.07) is 16.6. The molecule has 0 radical (unpaired) electrons. The minimum Gasteiger partial charge on any atom is -0.417 e. The van der Waals surface area contributed by atoms with Gasteiger partial charge in [-0.2, -0.15) is 0 Å². The Kier molecular flexibility index (Phi) is 11.6. The molecule has 0 saturated carbocycles. The van der Waals surface area contributed by atoms with Gasteiger partial charge in [-0.25, -0.2) is 0 Å². The zero-order valence-electron chi connectivity index (χ0n) is 35.9. The SMILES string of the molecule is CC(C)OP1Oc2cc3c4cc2C(C)c2cc5c(cc2O1)OP(OC(C)C)Oc1cc2c(cc1C5C)C(C)c1cc(c(cc1OP(OC(C)C)O2)OP(OC(C)C)O3)C4C. The molecule has 4 heterocycles. The minimum absolute atomic E-state index is 0.185. The highest BCUT2D eigenvalue weighted by Crippen LogP contribution is 2.61. The summed E-state index contributed by atoms with van der Waals surface area (Å²) in [6.07, 6.45) is -0.741. The van der Waals surface area contributed by atoms with Crippen LogP contribution in [0.15, 0.2) is 48.5 Å². The van der Waals surface area contributed by atoms with E-state index in [2.05, 4.69) is 52.0 Å². The smallest absolute Gasteiger partial charge is 0.417 e. The van der Waals surface area contributed by atoms with Crippen LogP contribution >= 0.6 is 34.4 Å². The van der Waals surface area contributed by atoms with Gasteiger partial charge in [0, 0.05) is 92.4 Å². The van der Waals surface area contributed by atoms with E-state index < -0.39 is 34.4 Å². The lowest BCUT2D eigenvalue weighted by Crippen LogP contribution is -2.18. The topological polar surface area (TPSA) is 111 Å². The molecule has 320 valence electrons. The summed E-state index contributed by atoms with van der Waals surface area (Å²) in [4.78, 5) is 0. The fraction of sp³-hybridized carbons (Fsp3) is 0.455. The molecule has 12 nitrogen and oxygen atoms in total. The molecule has 8 bridgehead atoms. The van der Waals surface area contributed by atoms with Crippen LogP contribution in [0.3, 0.4) is 0 Å². The first-order chi connectivity index (χ1) is 28.6. The second-order valence-electron chi connectivity index (χ2n) is 16.8. The van der Waals surface area contributed by atoms with Crippen molar-refractivity contribution in [3.63, 3.8) is 0 Å². The van der Waals surface area contributed by atoms with Crippen molar-refractivity contribution in [2.45, 2.75) is 131 Å². The molecule has 0 spiro atoms. The highest BCUT2D eigenvalue weighted by Gasteiger charge is 2.40. The van der Waals surface area contributed by atoms with Gasteiger partial charge in [0.05, 0.1) is 24.4 Å². The van der Waals surface area contributed by atoms with Crippen molar-refractivity contribution in [3.05, 3.63) is 93.0 Å². The second-order valence-corrected chi connectivity index (χ2v) is 20.9. The highest BCUT2D eigenvalue weighted by atomic mass is 31.2. The first kappa shape index (κ1) is 42.2. The average Bonchev–Trinajstić information content (AvgIpc) is 3.14. The molecule has 0 N–H and O–H groups in total. The zero-order valence-corrected chi connectivity index (χ0v) is 39.5. The van der Waals surface area contributed by atoms with E-state index in [0.717, 1.165) is 44.5 Å². The third-order valence-electron chi connectivity index (χ3n) is 10.9. The van der Waals surface area contributed by atoms with Crippen LogP contribution in [0.25, 0.3) is 0 Å². The number of hydrogen-bond acceptors (Lipinski definition) is 12. The van der Waals surface area contributed by atoms with Crippen molar-refractivity contribution in [2.75, 3.05) is 0 Å². The molecule has 0 unspecified atom stereocenters. The fourth-order valence-corrected chi connectivity index (χ4v) is 12.4. The normalized spacial score (nSPS) is 25.6. The Morgan fingerprint density at radius 1 is 0.300 bits per heavy atom. The Morgan fingerprint density at radius 2 is 0.450 bits per heavy atom. The number of hydrogen-bond donors (Lipinski definition) is 0. The summed E-state index contributed by atoms with van der Waals surface area (Å²) >= 11 is 0. The maximum absolute atomic E-state index is 6.73. The standard InChI is InChI=1S/C44H52O12P4/c1-21(2)45-57-49-37-17-39-31-13-29(37)25(9)30-14-32-27(11)34-16-36-28(12)35-15-33(26(31)10)41(53-58(51-39)46-22(3)4)19-43(35)55-60(48-24(7)8)56-44(36)20-42(34)54-59(47-23(5)6)52-40(32)18-38(30)50-57/h13-28H,1-12H3. The molecule has 0 saturated heterocycles. The van der Waals surface area contributed by atoms with Gasteiger partial charge in [0.2, 0.25) is 0 Å². The van der Waals surface area contributed by atoms with E-state index in [1.54, 1.807) is 0 Å². The average molecular weight is 897 g/mol. The van der Waals surface area contributed by atoms with Gasteiger partial charge in [-0.3, -0.25) is 18.1 Å². The third kappa shape index (κ3) is 8.01. The van der Waals surface area contributed by atoms with Crippen LogP contribution in [0.1, 0.15) is 151 Å². The molecule has 0 amide bonds. The summed E-state index contributed by atoms with van der Waals surface area (Å²) in [7, 11) is -7.72. The van der Waals surface area contributed by atoms with Gasteiger partial charge in [0.15, 0.2) is 0 Å². The molecule has 60 heavy (non-hydrogen) atoms. The summed E-state index contributed by atoms with van der Waals surface area (Å²) in [5, 5.41) is 0. The van der Waals surface area contributed by atoms with Crippen LogP contribution in [0.5, 0.6) is 46.0 Å². The maximum Gasteiger partial charge on any atom is 0.463 e. The van der Waals surface area contributed by atoms with Crippen LogP contribution < -0.4 is 36.2 Å². The summed E-state index contributed by atoms with van der Waals surface area (Å²) in [5.41, 5.74) is 7.74. The monoisotopic (exact) mass is 896 g/mol. The van der Waals surface area contributed by atoms with Crippen molar-refractivity contribution in [1.29, 1.82) is 0 Å². The van der Waals surface area contributed by atoms with E-state index in [-0.39, 0.29) is 48.1 Å². The Hall–Kier alpha value is -3.16. The molecular weight excluding hydrogens is 844 g/mol. The summed E-state index contributed by atoms with van der Waals surface area (Å²) in [6.45, 7) is 24.4. The maximum atomic E-state index is 6.73. The van der Waals surface area contributed by atoms with Gasteiger partial charge in [0.1, 0.15) is 46.0 Å². The van der Waals surface area contributed by atoms with E-state index in [0.29, 0.717) is 46.0 Å². The second kappa shape index (κ2) is 16.5. The van der Waals surface area contributed by atoms with Gasteiger partial charge in [-0.15, -0.1) is 0 Å². The van der Waals surface area contributed by atoms with E-state index in [4.69, 9.17) is 54.3 Å². The number of rotatable bonds is 8. The molecule has 1 aliphatic carbocycles. The van der Waals surface area contributed by atoms with Crippen molar-refractivity contribution >= 4 is 34.4 Å². The quantitative estimate of drug-likeness (QED) is 0.157. The lowest BCUT2D eigenvalue weighted by Gasteiger charge is -2.35. The molecule has 9 rings (SSSR count). The van der Waals surface area contributed by atoms with Gasteiger partial charge >= 0.3 is 34.4 Å². The van der Waals surface area contributed by atoms with Gasteiger partial charge in [-0.05, 0) is 79.7 Å². The van der Waals surface area contributed by atoms with E-state index in [9.17, 15) is 0 Å². The van der Waals surface area contributed by atoms with Crippen molar-refractivity contribution < 1.29 is 54.3 Å². The lowest BCUT2D eigenvalue weighted by molar-refractivity contribution is 0.206. The van der Waals surface area contributed by atoms with Crippen molar-refractivity contribution in [2.24, 2.45) is 0 Å². The predicted molar refractivity (Wildman–Crippen MR) is 233 cm³/mol. The molecule has 5 aliphatic rings. The molecule has 0 fully saturated rings. The Morgan fingerprint density at radius 3 is 0.583 bits per heavy atom. The molecule has 0 aromatic heterocycles. The highest BCUT2D eigenvalue weighted by molar-refractivity contribution is 7.43. The van der Waals surface area contributed by atoms with Crippen molar-refractivity contribution in [1.82, 2.24) is 0 Å². The number of benzene rings is 4. The Labute approximate surface area is 357 Å². The first-order valence-corrected chi connectivity index (χ1v) is 25.0. The Bertz CT molecular complexity index is 1870. The molecule has 4 aliphatic heterocycles. The van der Waals surface area contributed by atoms with Crippen molar-refractivity contribution in [3.8, 4) is 46.0 Å². The minimum atomic E-state index is -1.93. The van der Waals surface area contributed by atoms with Gasteiger partial charge < -0.3 is 36.2 Å². The van der Waals surface area contributed by atoms with Crippen LogP contribution in [0.2, 0.25) is 0 Å². The summed E-state index contributed by atoms with van der Waals surface area (Å²) < 4.78 is 79.3. The predicted octanol–water partition coefficient (Wildman–Crippen LogP) is 14.3. The fourth-order valence-electron chi connectivity index (χ4n) is 7.97. The van der Waals surface area contributed by atoms with E-state index >= 15 is 0 Å². The zero-order chi connectivity index (χ0) is 42.3.